The molecule has 0 unspecified atom stereocenters. The van der Waals surface area contributed by atoms with E-state index in [0.717, 1.165) is 5.56 Å². The first-order valence-corrected chi connectivity index (χ1v) is 13.0. The Hall–Kier alpha value is -3.64. The molecule has 0 saturated carbocycles. The number of fused-ring (bicyclic) bond motifs is 1. The van der Waals surface area contributed by atoms with Crippen LogP contribution < -0.4 is 10.9 Å². The van der Waals surface area contributed by atoms with Crippen molar-refractivity contribution >= 4 is 34.5 Å². The zero-order valence-corrected chi connectivity index (χ0v) is 21.7. The van der Waals surface area contributed by atoms with E-state index in [1.165, 1.54) is 4.57 Å². The fourth-order valence-electron chi connectivity index (χ4n) is 3.64. The predicted molar refractivity (Wildman–Crippen MR) is 141 cm³/mol. The fraction of sp³-hybridized carbons (Fsp3) is 0.370. The number of aromatic nitrogens is 2. The van der Waals surface area contributed by atoms with Crippen molar-refractivity contribution in [2.75, 3.05) is 12.0 Å². The van der Waals surface area contributed by atoms with Crippen LogP contribution in [0.3, 0.4) is 0 Å². The monoisotopic (exact) mass is 506 g/mol. The van der Waals surface area contributed by atoms with Gasteiger partial charge >= 0.3 is 5.97 Å². The van der Waals surface area contributed by atoms with Crippen LogP contribution in [-0.4, -0.2) is 39.5 Å². The second kappa shape index (κ2) is 11.9. The maximum Gasteiger partial charge on any atom is 0.329 e. The molecule has 0 spiro atoms. The van der Waals surface area contributed by atoms with E-state index >= 15 is 0 Å². The zero-order chi connectivity index (χ0) is 26.3. The molecule has 1 amide bonds. The maximum atomic E-state index is 13.0. The van der Waals surface area contributed by atoms with Gasteiger partial charge in [-0.3, -0.25) is 14.2 Å². The van der Waals surface area contributed by atoms with Crippen molar-refractivity contribution in [3.05, 3.63) is 75.8 Å². The number of hydrogen-bond donors (Lipinski definition) is 1. The summed E-state index contributed by atoms with van der Waals surface area (Å²) in [4.78, 5) is 43.1. The lowest BCUT2D eigenvalue weighted by Gasteiger charge is -2.20. The maximum absolute atomic E-state index is 13.0. The number of carbonyl (C=O) groups excluding carboxylic acids is 2. The van der Waals surface area contributed by atoms with Crippen molar-refractivity contribution in [3.63, 3.8) is 0 Å². The highest BCUT2D eigenvalue weighted by molar-refractivity contribution is 7.98. The number of nitrogens with one attached hydrogen (secondary N) is 1. The predicted octanol–water partition coefficient (Wildman–Crippen LogP) is 3.81. The molecule has 0 aliphatic rings. The van der Waals surface area contributed by atoms with Gasteiger partial charge in [-0.25, -0.2) is 9.78 Å². The minimum absolute atomic E-state index is 0.0388. The molecule has 3 aromatic rings. The summed E-state index contributed by atoms with van der Waals surface area (Å²) in [5, 5.41) is 12.3. The summed E-state index contributed by atoms with van der Waals surface area (Å²) in [5.41, 5.74) is 1.59. The average molecular weight is 507 g/mol. The number of carbonyl (C=O) groups is 2. The Balaban J connectivity index is 1.77. The lowest BCUT2D eigenvalue weighted by atomic mass is 9.86. The average Bonchev–Trinajstić information content (AvgIpc) is 2.86. The standard InChI is InChI=1S/C27H30N4O4S/c1-27(2,3)19-11-9-18(10-12-19)24(32)30-22(13-16-36-4)26(34)35-17-23-29-21-8-6-5-7-20(21)25(33)31(23)15-14-28/h5-12,22H,13,15-17H2,1-4H3,(H,30,32)/t22-/m1/s1. The van der Waals surface area contributed by atoms with Crippen LogP contribution >= 0.6 is 11.8 Å². The van der Waals surface area contributed by atoms with E-state index in [-0.39, 0.29) is 35.9 Å². The molecule has 1 N–H and O–H groups in total. The largest absolute Gasteiger partial charge is 0.456 e. The fourth-order valence-corrected chi connectivity index (χ4v) is 4.11. The van der Waals surface area contributed by atoms with Gasteiger partial charge in [0.2, 0.25) is 0 Å². The van der Waals surface area contributed by atoms with E-state index in [1.807, 2.05) is 24.5 Å². The highest BCUT2D eigenvalue weighted by Crippen LogP contribution is 2.22. The van der Waals surface area contributed by atoms with Gasteiger partial charge in [0.15, 0.2) is 5.82 Å². The smallest absolute Gasteiger partial charge is 0.329 e. The number of hydrogen-bond acceptors (Lipinski definition) is 7. The van der Waals surface area contributed by atoms with Gasteiger partial charge in [0.25, 0.3) is 11.5 Å². The number of para-hydroxylation sites is 1. The van der Waals surface area contributed by atoms with Crippen LogP contribution in [0.5, 0.6) is 0 Å². The van der Waals surface area contributed by atoms with Gasteiger partial charge < -0.3 is 10.1 Å². The molecule has 0 bridgehead atoms. The van der Waals surface area contributed by atoms with E-state index in [2.05, 4.69) is 31.1 Å². The Morgan fingerprint density at radius 2 is 1.86 bits per heavy atom. The number of benzene rings is 2. The molecule has 0 radical (unpaired) electrons. The van der Waals surface area contributed by atoms with Gasteiger partial charge in [-0.05, 0) is 53.7 Å². The molecule has 36 heavy (non-hydrogen) atoms. The summed E-state index contributed by atoms with van der Waals surface area (Å²) in [7, 11) is 0. The number of amides is 1. The number of rotatable bonds is 9. The molecule has 0 aliphatic carbocycles. The second-order valence-electron chi connectivity index (χ2n) is 9.34. The Morgan fingerprint density at radius 1 is 1.17 bits per heavy atom. The third kappa shape index (κ3) is 6.52. The highest BCUT2D eigenvalue weighted by Gasteiger charge is 2.24. The van der Waals surface area contributed by atoms with Crippen molar-refractivity contribution in [3.8, 4) is 6.07 Å². The van der Waals surface area contributed by atoms with Crippen molar-refractivity contribution in [2.24, 2.45) is 0 Å². The lowest BCUT2D eigenvalue weighted by molar-refractivity contribution is -0.147. The van der Waals surface area contributed by atoms with Crippen LogP contribution in [0.4, 0.5) is 0 Å². The summed E-state index contributed by atoms with van der Waals surface area (Å²) in [6.45, 7) is 5.76. The summed E-state index contributed by atoms with van der Waals surface area (Å²) >= 11 is 1.55. The molecule has 0 fully saturated rings. The first-order chi connectivity index (χ1) is 17.2. The second-order valence-corrected chi connectivity index (χ2v) is 10.3. The van der Waals surface area contributed by atoms with Crippen molar-refractivity contribution in [1.82, 2.24) is 14.9 Å². The van der Waals surface area contributed by atoms with Gasteiger partial charge in [0.1, 0.15) is 19.2 Å². The van der Waals surface area contributed by atoms with Crippen molar-refractivity contribution in [1.29, 1.82) is 5.26 Å². The number of esters is 1. The summed E-state index contributed by atoms with van der Waals surface area (Å²) in [6.07, 6.45) is 2.29. The van der Waals surface area contributed by atoms with Crippen LogP contribution in [0, 0.1) is 11.3 Å². The SMILES string of the molecule is CSCC[C@@H](NC(=O)c1ccc(C(C)(C)C)cc1)C(=O)OCc1nc2ccccc2c(=O)n1CC#N. The van der Waals surface area contributed by atoms with E-state index < -0.39 is 12.0 Å². The minimum Gasteiger partial charge on any atom is -0.456 e. The molecule has 1 heterocycles. The molecule has 1 atom stereocenters. The van der Waals surface area contributed by atoms with E-state index in [0.29, 0.717) is 28.6 Å². The third-order valence-corrected chi connectivity index (χ3v) is 6.37. The molecule has 0 saturated heterocycles. The molecule has 1 aromatic heterocycles. The summed E-state index contributed by atoms with van der Waals surface area (Å²) in [5.74, 6) is -0.198. The van der Waals surface area contributed by atoms with E-state index in [1.54, 1.807) is 48.2 Å². The molecule has 8 nitrogen and oxygen atoms in total. The molecule has 0 aliphatic heterocycles. The van der Waals surface area contributed by atoms with Gasteiger partial charge in [-0.2, -0.15) is 17.0 Å². The molecule has 188 valence electrons. The first kappa shape index (κ1) is 27.0. The van der Waals surface area contributed by atoms with Crippen LogP contribution in [0.15, 0.2) is 53.3 Å². The van der Waals surface area contributed by atoms with Crippen LogP contribution in [-0.2, 0) is 28.1 Å². The quantitative estimate of drug-likeness (QED) is 0.439. The Labute approximate surface area is 214 Å². The third-order valence-electron chi connectivity index (χ3n) is 5.73. The van der Waals surface area contributed by atoms with Crippen molar-refractivity contribution in [2.45, 2.75) is 51.8 Å². The highest BCUT2D eigenvalue weighted by atomic mass is 32.2. The van der Waals surface area contributed by atoms with Gasteiger partial charge in [0, 0.05) is 5.56 Å². The molecule has 3 rings (SSSR count). The van der Waals surface area contributed by atoms with E-state index in [4.69, 9.17) is 4.74 Å². The van der Waals surface area contributed by atoms with Crippen molar-refractivity contribution < 1.29 is 14.3 Å². The summed E-state index contributed by atoms with van der Waals surface area (Å²) < 4.78 is 6.68. The molecular formula is C27H30N4O4S. The van der Waals surface area contributed by atoms with Crippen LogP contribution in [0.25, 0.3) is 10.9 Å². The van der Waals surface area contributed by atoms with Gasteiger partial charge in [0.05, 0.1) is 17.0 Å². The number of nitrogens with zero attached hydrogens (tertiary/aromatic N) is 3. The Bertz CT molecular complexity index is 1340. The van der Waals surface area contributed by atoms with Crippen LogP contribution in [0.1, 0.15) is 48.9 Å². The number of thioether (sulfide) groups is 1. The zero-order valence-electron chi connectivity index (χ0n) is 20.9. The molecule has 2 aromatic carbocycles. The number of nitriles is 1. The van der Waals surface area contributed by atoms with E-state index in [9.17, 15) is 19.6 Å². The Morgan fingerprint density at radius 3 is 2.50 bits per heavy atom. The van der Waals surface area contributed by atoms with Gasteiger partial charge in [-0.15, -0.1) is 0 Å². The molecule has 9 heteroatoms. The number of ether oxygens (including phenoxy) is 1. The Kier molecular flexibility index (Phi) is 8.88. The normalized spacial score (nSPS) is 12.1. The lowest BCUT2D eigenvalue weighted by Crippen LogP contribution is -2.42. The summed E-state index contributed by atoms with van der Waals surface area (Å²) in [6, 6.07) is 15.2. The first-order valence-electron chi connectivity index (χ1n) is 11.6. The van der Waals surface area contributed by atoms with Gasteiger partial charge in [-0.1, -0.05) is 45.0 Å². The van der Waals surface area contributed by atoms with Crippen LogP contribution in [0.2, 0.25) is 0 Å². The minimum atomic E-state index is -0.871. The molecular weight excluding hydrogens is 476 g/mol. The topological polar surface area (TPSA) is 114 Å².